The minimum Gasteiger partial charge on any atom is -0.497 e. The fourth-order valence-electron chi connectivity index (χ4n) is 3.22. The molecule has 1 aromatic carbocycles. The largest absolute Gasteiger partial charge is 0.497 e. The SMILES string of the molecule is COc1cccc(CN2CCC(N(C)c3ncc(C)cn3)CC2)c1. The summed E-state index contributed by atoms with van der Waals surface area (Å²) in [6.07, 6.45) is 6.04. The van der Waals surface area contributed by atoms with Crippen LogP contribution in [0.4, 0.5) is 5.95 Å². The second-order valence-corrected chi connectivity index (χ2v) is 6.53. The third-order valence-corrected chi connectivity index (χ3v) is 4.73. The van der Waals surface area contributed by atoms with E-state index in [0.29, 0.717) is 6.04 Å². The van der Waals surface area contributed by atoms with E-state index in [-0.39, 0.29) is 0 Å². The van der Waals surface area contributed by atoms with Gasteiger partial charge >= 0.3 is 0 Å². The minimum absolute atomic E-state index is 0.509. The lowest BCUT2D eigenvalue weighted by atomic mass is 10.0. The molecule has 0 unspecified atom stereocenters. The van der Waals surface area contributed by atoms with Crippen molar-refractivity contribution in [2.45, 2.75) is 32.4 Å². The van der Waals surface area contributed by atoms with E-state index in [1.54, 1.807) is 7.11 Å². The molecular formula is C19H26N4O. The van der Waals surface area contributed by atoms with Crippen molar-refractivity contribution >= 4 is 5.95 Å². The second kappa shape index (κ2) is 7.62. The Morgan fingerprint density at radius 3 is 2.58 bits per heavy atom. The van der Waals surface area contributed by atoms with E-state index < -0.39 is 0 Å². The standard InChI is InChI=1S/C19H26N4O/c1-15-12-20-19(21-13-15)22(2)17-7-9-23(10-8-17)14-16-5-4-6-18(11-16)24-3/h4-6,11-13,17H,7-10,14H2,1-3H3. The molecule has 0 amide bonds. The van der Waals surface area contributed by atoms with Gasteiger partial charge in [0.25, 0.3) is 0 Å². The molecule has 5 heteroatoms. The van der Waals surface area contributed by atoms with Gasteiger partial charge in [0, 0.05) is 45.1 Å². The number of ether oxygens (including phenoxy) is 1. The maximum absolute atomic E-state index is 5.31. The molecule has 1 aromatic heterocycles. The number of aromatic nitrogens is 2. The monoisotopic (exact) mass is 326 g/mol. The topological polar surface area (TPSA) is 41.5 Å². The summed E-state index contributed by atoms with van der Waals surface area (Å²) in [4.78, 5) is 13.6. The first-order valence-electron chi connectivity index (χ1n) is 8.52. The zero-order chi connectivity index (χ0) is 16.9. The fourth-order valence-corrected chi connectivity index (χ4v) is 3.22. The van der Waals surface area contributed by atoms with Crippen molar-refractivity contribution in [1.29, 1.82) is 0 Å². The Morgan fingerprint density at radius 2 is 1.92 bits per heavy atom. The number of nitrogens with zero attached hydrogens (tertiary/aromatic N) is 4. The lowest BCUT2D eigenvalue weighted by molar-refractivity contribution is 0.202. The van der Waals surface area contributed by atoms with Gasteiger partial charge in [0.15, 0.2) is 0 Å². The summed E-state index contributed by atoms with van der Waals surface area (Å²) in [6, 6.07) is 8.85. The lowest BCUT2D eigenvalue weighted by Crippen LogP contribution is -2.43. The van der Waals surface area contributed by atoms with Crippen molar-refractivity contribution in [2.75, 3.05) is 32.1 Å². The van der Waals surface area contributed by atoms with Gasteiger partial charge in [-0.3, -0.25) is 4.90 Å². The van der Waals surface area contributed by atoms with Crippen LogP contribution in [0.25, 0.3) is 0 Å². The molecule has 2 heterocycles. The molecule has 1 aliphatic rings. The van der Waals surface area contributed by atoms with Crippen LogP contribution in [0.5, 0.6) is 5.75 Å². The number of hydrogen-bond acceptors (Lipinski definition) is 5. The number of anilines is 1. The maximum atomic E-state index is 5.31. The second-order valence-electron chi connectivity index (χ2n) is 6.53. The number of hydrogen-bond donors (Lipinski definition) is 0. The van der Waals surface area contributed by atoms with Gasteiger partial charge in [0.2, 0.25) is 5.95 Å². The summed E-state index contributed by atoms with van der Waals surface area (Å²) in [5.74, 6) is 1.76. The summed E-state index contributed by atoms with van der Waals surface area (Å²) in [5, 5.41) is 0. The number of likely N-dealkylation sites (tertiary alicyclic amines) is 1. The van der Waals surface area contributed by atoms with E-state index in [2.05, 4.69) is 45.0 Å². The van der Waals surface area contributed by atoms with Gasteiger partial charge in [-0.25, -0.2) is 9.97 Å². The first kappa shape index (κ1) is 16.7. The Labute approximate surface area is 144 Å². The molecule has 0 N–H and O–H groups in total. The lowest BCUT2D eigenvalue weighted by Gasteiger charge is -2.36. The zero-order valence-corrected chi connectivity index (χ0v) is 14.8. The Kier molecular flexibility index (Phi) is 5.30. The molecule has 0 atom stereocenters. The van der Waals surface area contributed by atoms with Crippen LogP contribution in [0.1, 0.15) is 24.0 Å². The molecule has 128 valence electrons. The van der Waals surface area contributed by atoms with Gasteiger partial charge in [0.1, 0.15) is 5.75 Å². The maximum Gasteiger partial charge on any atom is 0.225 e. The van der Waals surface area contributed by atoms with Crippen molar-refractivity contribution in [2.24, 2.45) is 0 Å². The first-order chi connectivity index (χ1) is 11.7. The highest BCUT2D eigenvalue weighted by atomic mass is 16.5. The average molecular weight is 326 g/mol. The van der Waals surface area contributed by atoms with Crippen molar-refractivity contribution < 1.29 is 4.74 Å². The Hall–Kier alpha value is -2.14. The van der Waals surface area contributed by atoms with E-state index in [1.807, 2.05) is 25.4 Å². The molecule has 0 saturated carbocycles. The molecule has 0 spiro atoms. The highest BCUT2D eigenvalue weighted by Gasteiger charge is 2.23. The van der Waals surface area contributed by atoms with Crippen LogP contribution in [-0.4, -0.2) is 48.2 Å². The van der Waals surface area contributed by atoms with Crippen LogP contribution in [0, 0.1) is 6.92 Å². The van der Waals surface area contributed by atoms with Crippen LogP contribution in [0.3, 0.4) is 0 Å². The van der Waals surface area contributed by atoms with Crippen LogP contribution in [0.2, 0.25) is 0 Å². The molecule has 1 saturated heterocycles. The van der Waals surface area contributed by atoms with Crippen LogP contribution in [0.15, 0.2) is 36.7 Å². The number of aryl methyl sites for hydroxylation is 1. The summed E-state index contributed by atoms with van der Waals surface area (Å²) >= 11 is 0. The van der Waals surface area contributed by atoms with Gasteiger partial charge in [-0.15, -0.1) is 0 Å². The van der Waals surface area contributed by atoms with Crippen LogP contribution < -0.4 is 9.64 Å². The van der Waals surface area contributed by atoms with Crippen LogP contribution in [-0.2, 0) is 6.54 Å². The normalized spacial score (nSPS) is 16.1. The third-order valence-electron chi connectivity index (χ3n) is 4.73. The van der Waals surface area contributed by atoms with Gasteiger partial charge in [0.05, 0.1) is 7.11 Å². The van der Waals surface area contributed by atoms with Gasteiger partial charge in [-0.2, -0.15) is 0 Å². The van der Waals surface area contributed by atoms with Crippen molar-refractivity contribution in [1.82, 2.24) is 14.9 Å². The Bertz CT molecular complexity index is 651. The summed E-state index contributed by atoms with van der Waals surface area (Å²) < 4.78 is 5.31. The number of benzene rings is 1. The molecule has 1 fully saturated rings. The van der Waals surface area contributed by atoms with E-state index in [0.717, 1.165) is 49.7 Å². The molecule has 2 aromatic rings. The van der Waals surface area contributed by atoms with Crippen molar-refractivity contribution in [3.8, 4) is 5.75 Å². The number of methoxy groups -OCH3 is 1. The third kappa shape index (κ3) is 4.03. The summed E-state index contributed by atoms with van der Waals surface area (Å²) in [7, 11) is 3.82. The van der Waals surface area contributed by atoms with Crippen LogP contribution >= 0.6 is 0 Å². The Balaban J connectivity index is 1.54. The molecular weight excluding hydrogens is 300 g/mol. The van der Waals surface area contributed by atoms with E-state index in [1.165, 1.54) is 5.56 Å². The van der Waals surface area contributed by atoms with E-state index in [4.69, 9.17) is 4.74 Å². The molecule has 0 bridgehead atoms. The van der Waals surface area contributed by atoms with E-state index >= 15 is 0 Å². The fraction of sp³-hybridized carbons (Fsp3) is 0.474. The highest BCUT2D eigenvalue weighted by Crippen LogP contribution is 2.21. The Morgan fingerprint density at radius 1 is 1.21 bits per heavy atom. The molecule has 5 nitrogen and oxygen atoms in total. The minimum atomic E-state index is 0.509. The predicted molar refractivity (Wildman–Crippen MR) is 96.5 cm³/mol. The van der Waals surface area contributed by atoms with Crippen molar-refractivity contribution in [3.63, 3.8) is 0 Å². The summed E-state index contributed by atoms with van der Waals surface area (Å²) in [5.41, 5.74) is 2.41. The predicted octanol–water partition coefficient (Wildman–Crippen LogP) is 2.89. The smallest absolute Gasteiger partial charge is 0.225 e. The van der Waals surface area contributed by atoms with Gasteiger partial charge < -0.3 is 9.64 Å². The van der Waals surface area contributed by atoms with Gasteiger partial charge in [-0.05, 0) is 43.0 Å². The zero-order valence-electron chi connectivity index (χ0n) is 14.8. The quantitative estimate of drug-likeness (QED) is 0.845. The molecule has 0 aliphatic carbocycles. The van der Waals surface area contributed by atoms with Gasteiger partial charge in [-0.1, -0.05) is 12.1 Å². The highest BCUT2D eigenvalue weighted by molar-refractivity contribution is 5.31. The molecule has 1 aliphatic heterocycles. The number of piperidine rings is 1. The van der Waals surface area contributed by atoms with E-state index in [9.17, 15) is 0 Å². The first-order valence-corrected chi connectivity index (χ1v) is 8.52. The molecule has 3 rings (SSSR count). The molecule has 0 radical (unpaired) electrons. The number of rotatable bonds is 5. The molecule has 24 heavy (non-hydrogen) atoms. The average Bonchev–Trinajstić information content (AvgIpc) is 2.62. The van der Waals surface area contributed by atoms with Crippen molar-refractivity contribution in [3.05, 3.63) is 47.8 Å². The summed E-state index contributed by atoms with van der Waals surface area (Å²) in [6.45, 7) is 5.19.